The highest BCUT2D eigenvalue weighted by Gasteiger charge is 2.10. The van der Waals surface area contributed by atoms with E-state index in [1.54, 1.807) is 0 Å². The lowest BCUT2D eigenvalue weighted by molar-refractivity contribution is 0.0601. The molecule has 16 heavy (non-hydrogen) atoms. The number of anilines is 1. The van der Waals surface area contributed by atoms with Crippen LogP contribution in [0.15, 0.2) is 12.3 Å². The van der Waals surface area contributed by atoms with Gasteiger partial charge in [-0.2, -0.15) is 5.26 Å². The summed E-state index contributed by atoms with van der Waals surface area (Å²) in [6.07, 6.45) is 1.56. The number of nitrogens with zero attached hydrogens (tertiary/aromatic N) is 2. The molecule has 5 nitrogen and oxygen atoms in total. The standard InChI is InChI=1S/C11H9N3O2/c1-16-11(15)9-6-8(4-2-3-5-12)7-14-10(9)13/h6-7H,3H2,1H3,(H2,13,14). The van der Waals surface area contributed by atoms with Crippen molar-refractivity contribution in [2.75, 3.05) is 12.8 Å². The number of pyridine rings is 1. The lowest BCUT2D eigenvalue weighted by atomic mass is 10.2. The first-order valence-electron chi connectivity index (χ1n) is 4.38. The first-order chi connectivity index (χ1) is 7.69. The van der Waals surface area contributed by atoms with Crippen molar-refractivity contribution in [2.45, 2.75) is 6.42 Å². The second-order valence-corrected chi connectivity index (χ2v) is 2.79. The number of carbonyl (C=O) groups is 1. The number of nitrogens with two attached hydrogens (primary N) is 1. The average Bonchev–Trinajstić information content (AvgIpc) is 2.30. The van der Waals surface area contributed by atoms with Crippen LogP contribution in [0.1, 0.15) is 22.3 Å². The van der Waals surface area contributed by atoms with E-state index < -0.39 is 5.97 Å². The maximum Gasteiger partial charge on any atom is 0.341 e. The van der Waals surface area contributed by atoms with E-state index >= 15 is 0 Å². The molecule has 0 aliphatic rings. The highest BCUT2D eigenvalue weighted by atomic mass is 16.5. The summed E-state index contributed by atoms with van der Waals surface area (Å²) < 4.78 is 4.54. The van der Waals surface area contributed by atoms with E-state index in [-0.39, 0.29) is 17.8 Å². The van der Waals surface area contributed by atoms with E-state index in [1.807, 2.05) is 6.07 Å². The Morgan fingerprint density at radius 3 is 3.06 bits per heavy atom. The van der Waals surface area contributed by atoms with Crippen molar-refractivity contribution >= 4 is 11.8 Å². The van der Waals surface area contributed by atoms with Crippen LogP contribution in [0.3, 0.4) is 0 Å². The second-order valence-electron chi connectivity index (χ2n) is 2.79. The molecule has 80 valence electrons. The molecule has 1 heterocycles. The van der Waals surface area contributed by atoms with Crippen LogP contribution in [-0.2, 0) is 4.74 Å². The summed E-state index contributed by atoms with van der Waals surface area (Å²) in [5.41, 5.74) is 6.20. The van der Waals surface area contributed by atoms with Gasteiger partial charge in [0.25, 0.3) is 0 Å². The summed E-state index contributed by atoms with van der Waals surface area (Å²) in [6.45, 7) is 0. The molecule has 2 N–H and O–H groups in total. The fourth-order valence-electron chi connectivity index (χ4n) is 1.00. The van der Waals surface area contributed by atoms with Crippen molar-refractivity contribution in [2.24, 2.45) is 0 Å². The second kappa shape index (κ2) is 5.38. The highest BCUT2D eigenvalue weighted by Crippen LogP contribution is 2.11. The van der Waals surface area contributed by atoms with E-state index in [9.17, 15) is 4.79 Å². The zero-order valence-corrected chi connectivity index (χ0v) is 8.65. The number of esters is 1. The Morgan fingerprint density at radius 1 is 1.69 bits per heavy atom. The largest absolute Gasteiger partial charge is 0.465 e. The number of nitrogen functional groups attached to an aromatic ring is 1. The Labute approximate surface area is 92.8 Å². The predicted molar refractivity (Wildman–Crippen MR) is 57.1 cm³/mol. The molecule has 0 bridgehead atoms. The van der Waals surface area contributed by atoms with Gasteiger partial charge in [-0.3, -0.25) is 0 Å². The predicted octanol–water partition coefficient (Wildman–Crippen LogP) is 0.716. The summed E-state index contributed by atoms with van der Waals surface area (Å²) in [4.78, 5) is 15.1. The van der Waals surface area contributed by atoms with Gasteiger partial charge in [0.05, 0.1) is 19.6 Å². The van der Waals surface area contributed by atoms with Crippen molar-refractivity contribution in [3.63, 3.8) is 0 Å². The third kappa shape index (κ3) is 2.73. The topological polar surface area (TPSA) is 89.0 Å². The summed E-state index contributed by atoms with van der Waals surface area (Å²) in [6, 6.07) is 3.37. The minimum atomic E-state index is -0.561. The van der Waals surface area contributed by atoms with Gasteiger partial charge in [-0.15, -0.1) is 0 Å². The van der Waals surface area contributed by atoms with Crippen LogP contribution in [0.5, 0.6) is 0 Å². The number of hydrogen-bond donors (Lipinski definition) is 1. The molecule has 5 heteroatoms. The SMILES string of the molecule is COC(=O)c1cc(C#CCC#N)cnc1N. The maximum absolute atomic E-state index is 11.3. The fraction of sp³-hybridized carbons (Fsp3) is 0.182. The highest BCUT2D eigenvalue weighted by molar-refractivity contribution is 5.94. The summed E-state index contributed by atoms with van der Waals surface area (Å²) in [7, 11) is 1.26. The smallest absolute Gasteiger partial charge is 0.341 e. The molecule has 0 saturated carbocycles. The van der Waals surface area contributed by atoms with Gasteiger partial charge in [0, 0.05) is 11.8 Å². The molecule has 1 aromatic rings. The van der Waals surface area contributed by atoms with Crippen molar-refractivity contribution < 1.29 is 9.53 Å². The molecular formula is C11H9N3O2. The average molecular weight is 215 g/mol. The summed E-state index contributed by atoms with van der Waals surface area (Å²) in [5.74, 6) is 4.84. The molecule has 0 saturated heterocycles. The zero-order valence-electron chi connectivity index (χ0n) is 8.65. The summed E-state index contributed by atoms with van der Waals surface area (Å²) >= 11 is 0. The number of methoxy groups -OCH3 is 1. The van der Waals surface area contributed by atoms with Gasteiger partial charge in [-0.25, -0.2) is 9.78 Å². The quantitative estimate of drug-likeness (QED) is 0.550. The Balaban J connectivity index is 3.05. The van der Waals surface area contributed by atoms with Gasteiger partial charge in [-0.1, -0.05) is 11.8 Å². The number of hydrogen-bond acceptors (Lipinski definition) is 5. The van der Waals surface area contributed by atoms with Gasteiger partial charge in [-0.05, 0) is 6.07 Å². The number of aromatic nitrogens is 1. The number of rotatable bonds is 1. The molecular weight excluding hydrogens is 206 g/mol. The molecule has 0 aliphatic carbocycles. The minimum absolute atomic E-state index is 0.0951. The Hall–Kier alpha value is -2.53. The van der Waals surface area contributed by atoms with Crippen LogP contribution in [0.25, 0.3) is 0 Å². The molecule has 0 fully saturated rings. The third-order valence-electron chi connectivity index (χ3n) is 1.72. The van der Waals surface area contributed by atoms with Crippen molar-refractivity contribution in [1.82, 2.24) is 4.98 Å². The monoisotopic (exact) mass is 215 g/mol. The van der Waals surface area contributed by atoms with E-state index in [2.05, 4.69) is 21.6 Å². The third-order valence-corrected chi connectivity index (χ3v) is 1.72. The maximum atomic E-state index is 11.3. The van der Waals surface area contributed by atoms with Crippen molar-refractivity contribution in [3.05, 3.63) is 23.4 Å². The van der Waals surface area contributed by atoms with Gasteiger partial charge in [0.15, 0.2) is 0 Å². The molecule has 1 rings (SSSR count). The first-order valence-corrected chi connectivity index (χ1v) is 4.38. The summed E-state index contributed by atoms with van der Waals surface area (Å²) in [5, 5.41) is 8.31. The van der Waals surface area contributed by atoms with Crippen LogP contribution in [0.2, 0.25) is 0 Å². The molecule has 0 unspecified atom stereocenters. The normalized spacial score (nSPS) is 8.50. The molecule has 0 amide bonds. The Morgan fingerprint density at radius 2 is 2.44 bits per heavy atom. The fourth-order valence-corrected chi connectivity index (χ4v) is 1.00. The lowest BCUT2D eigenvalue weighted by Gasteiger charge is -2.02. The molecule has 0 spiro atoms. The first kappa shape index (κ1) is 11.5. The van der Waals surface area contributed by atoms with Crippen LogP contribution < -0.4 is 5.73 Å². The van der Waals surface area contributed by atoms with E-state index in [4.69, 9.17) is 11.0 Å². The molecule has 0 aliphatic heterocycles. The number of carbonyl (C=O) groups excluding carboxylic acids is 1. The van der Waals surface area contributed by atoms with E-state index in [0.717, 1.165) is 0 Å². The van der Waals surface area contributed by atoms with Gasteiger partial charge in [0.1, 0.15) is 11.4 Å². The Kier molecular flexibility index (Phi) is 3.88. The van der Waals surface area contributed by atoms with Crippen LogP contribution >= 0.6 is 0 Å². The van der Waals surface area contributed by atoms with Crippen LogP contribution in [0.4, 0.5) is 5.82 Å². The van der Waals surface area contributed by atoms with Crippen LogP contribution in [-0.4, -0.2) is 18.1 Å². The molecule has 0 radical (unpaired) electrons. The lowest BCUT2D eigenvalue weighted by Crippen LogP contribution is -2.07. The van der Waals surface area contributed by atoms with E-state index in [1.165, 1.54) is 19.4 Å². The Bertz CT molecular complexity index is 506. The number of nitriles is 1. The van der Waals surface area contributed by atoms with Gasteiger partial charge >= 0.3 is 5.97 Å². The van der Waals surface area contributed by atoms with E-state index in [0.29, 0.717) is 5.56 Å². The van der Waals surface area contributed by atoms with Crippen molar-refractivity contribution in [3.8, 4) is 17.9 Å². The van der Waals surface area contributed by atoms with Crippen molar-refractivity contribution in [1.29, 1.82) is 5.26 Å². The zero-order chi connectivity index (χ0) is 12.0. The number of ether oxygens (including phenoxy) is 1. The van der Waals surface area contributed by atoms with Gasteiger partial charge < -0.3 is 10.5 Å². The molecule has 0 atom stereocenters. The molecule has 0 aromatic carbocycles. The minimum Gasteiger partial charge on any atom is -0.465 e. The van der Waals surface area contributed by atoms with Gasteiger partial charge in [0.2, 0.25) is 0 Å². The van der Waals surface area contributed by atoms with Crippen LogP contribution in [0, 0.1) is 23.2 Å². The molecule has 1 aromatic heterocycles.